The topological polar surface area (TPSA) is 55.8 Å². The van der Waals surface area contributed by atoms with Gasteiger partial charge in [-0.15, -0.1) is 35.3 Å². The summed E-state index contributed by atoms with van der Waals surface area (Å²) in [4.78, 5) is 14.0. The summed E-state index contributed by atoms with van der Waals surface area (Å²) in [7, 11) is 4.03. The quantitative estimate of drug-likeness (QED) is 0.316. The first kappa shape index (κ1) is 24.9. The molecule has 0 atom stereocenters. The first-order valence-corrected chi connectivity index (χ1v) is 11.4. The Morgan fingerprint density at radius 1 is 1.30 bits per heavy atom. The molecule has 1 aliphatic rings. The van der Waals surface area contributed by atoms with E-state index < -0.39 is 0 Å². The zero-order valence-corrected chi connectivity index (χ0v) is 21.7. The van der Waals surface area contributed by atoms with Crippen molar-refractivity contribution in [2.75, 3.05) is 38.6 Å². The number of aliphatic imine (C=N–C) groups is 1. The van der Waals surface area contributed by atoms with Crippen LogP contribution in [0.5, 0.6) is 0 Å². The number of aromatic nitrogens is 1. The summed E-state index contributed by atoms with van der Waals surface area (Å²) in [5, 5.41) is 10.1. The number of halogens is 1. The fourth-order valence-corrected chi connectivity index (χ4v) is 4.30. The van der Waals surface area contributed by atoms with Gasteiger partial charge in [-0.05, 0) is 32.3 Å². The van der Waals surface area contributed by atoms with Crippen molar-refractivity contribution in [2.45, 2.75) is 45.8 Å². The average molecular weight is 543 g/mol. The van der Waals surface area contributed by atoms with Gasteiger partial charge in [-0.1, -0.05) is 29.8 Å². The van der Waals surface area contributed by atoms with Gasteiger partial charge in [0, 0.05) is 51.7 Å². The van der Waals surface area contributed by atoms with Crippen LogP contribution in [0.1, 0.15) is 36.6 Å². The van der Waals surface area contributed by atoms with Crippen LogP contribution >= 0.6 is 35.3 Å². The molecule has 6 nitrogen and oxygen atoms in total. The Hall–Kier alpha value is -1.39. The molecule has 0 spiro atoms. The number of anilines is 1. The molecule has 0 amide bonds. The summed E-state index contributed by atoms with van der Waals surface area (Å²) < 4.78 is 0. The lowest BCUT2D eigenvalue weighted by molar-refractivity contribution is 0.198. The van der Waals surface area contributed by atoms with Crippen molar-refractivity contribution in [3.63, 3.8) is 0 Å². The fraction of sp³-hybridized carbons (Fsp3) is 0.545. The van der Waals surface area contributed by atoms with Crippen LogP contribution in [0.2, 0.25) is 0 Å². The molecule has 1 saturated heterocycles. The Bertz CT molecular complexity index is 798. The maximum Gasteiger partial charge on any atom is 0.191 e. The molecule has 30 heavy (non-hydrogen) atoms. The standard InChI is InChI=1S/C22H34N6S.HI/c1-5-23-21(24-14-20-16-29-22(26-20)27(3)4)25-19-9-11-28(12-10-19)15-18-8-6-7-17(2)13-18;/h6-8,13,16,19H,5,9-12,14-15H2,1-4H3,(H2,23,24,25);1H. The zero-order valence-electron chi connectivity index (χ0n) is 18.5. The maximum atomic E-state index is 4.75. The third-order valence-corrected chi connectivity index (χ3v) is 6.14. The first-order chi connectivity index (χ1) is 14.0. The Balaban J connectivity index is 0.00000320. The predicted octanol–water partition coefficient (Wildman–Crippen LogP) is 3.86. The number of likely N-dealkylation sites (tertiary alicyclic amines) is 1. The molecule has 1 fully saturated rings. The van der Waals surface area contributed by atoms with Crippen LogP contribution < -0.4 is 15.5 Å². The monoisotopic (exact) mass is 542 g/mol. The second kappa shape index (κ2) is 12.5. The van der Waals surface area contributed by atoms with E-state index in [1.54, 1.807) is 11.3 Å². The predicted molar refractivity (Wildman–Crippen MR) is 139 cm³/mol. The lowest BCUT2D eigenvalue weighted by Crippen LogP contribution is -2.48. The van der Waals surface area contributed by atoms with Crippen LogP contribution in [0.15, 0.2) is 34.6 Å². The van der Waals surface area contributed by atoms with E-state index in [0.717, 1.165) is 55.8 Å². The van der Waals surface area contributed by atoms with Crippen LogP contribution in [-0.4, -0.2) is 55.6 Å². The SMILES string of the molecule is CCNC(=NCc1csc(N(C)C)n1)NC1CCN(Cc2cccc(C)c2)CC1.I. The van der Waals surface area contributed by atoms with Crippen molar-refractivity contribution in [3.05, 3.63) is 46.5 Å². The number of benzene rings is 1. The van der Waals surface area contributed by atoms with E-state index in [1.807, 2.05) is 19.0 Å². The zero-order chi connectivity index (χ0) is 20.6. The van der Waals surface area contributed by atoms with Crippen LogP contribution in [0.4, 0.5) is 5.13 Å². The van der Waals surface area contributed by atoms with Gasteiger partial charge in [0.25, 0.3) is 0 Å². The second-order valence-corrected chi connectivity index (χ2v) is 8.73. The summed E-state index contributed by atoms with van der Waals surface area (Å²) >= 11 is 1.66. The van der Waals surface area contributed by atoms with Crippen molar-refractivity contribution in [1.82, 2.24) is 20.5 Å². The largest absolute Gasteiger partial charge is 0.357 e. The van der Waals surface area contributed by atoms with Gasteiger partial charge in [-0.25, -0.2) is 9.98 Å². The first-order valence-electron chi connectivity index (χ1n) is 10.5. The molecule has 0 bridgehead atoms. The van der Waals surface area contributed by atoms with Gasteiger partial charge in [-0.2, -0.15) is 0 Å². The van der Waals surface area contributed by atoms with Crippen LogP contribution in [0, 0.1) is 6.92 Å². The molecule has 166 valence electrons. The highest BCUT2D eigenvalue weighted by Gasteiger charge is 2.20. The highest BCUT2D eigenvalue weighted by molar-refractivity contribution is 14.0. The molecular formula is C22H35IN6S. The Labute approximate surface area is 202 Å². The van der Waals surface area contributed by atoms with E-state index in [1.165, 1.54) is 11.1 Å². The lowest BCUT2D eigenvalue weighted by atomic mass is 10.0. The van der Waals surface area contributed by atoms with E-state index in [4.69, 9.17) is 4.99 Å². The number of guanidine groups is 1. The van der Waals surface area contributed by atoms with E-state index >= 15 is 0 Å². The summed E-state index contributed by atoms with van der Waals surface area (Å²) in [5.74, 6) is 0.893. The van der Waals surface area contributed by atoms with Crippen LogP contribution in [0.3, 0.4) is 0 Å². The Morgan fingerprint density at radius 3 is 2.70 bits per heavy atom. The molecule has 2 N–H and O–H groups in total. The van der Waals surface area contributed by atoms with Gasteiger partial charge in [0.2, 0.25) is 0 Å². The molecule has 2 aromatic rings. The molecule has 8 heteroatoms. The van der Waals surface area contributed by atoms with Crippen LogP contribution in [0.25, 0.3) is 0 Å². The van der Waals surface area contributed by atoms with Gasteiger partial charge < -0.3 is 15.5 Å². The van der Waals surface area contributed by atoms with Gasteiger partial charge in [0.15, 0.2) is 11.1 Å². The number of nitrogens with zero attached hydrogens (tertiary/aromatic N) is 4. The van der Waals surface area contributed by atoms with E-state index in [-0.39, 0.29) is 24.0 Å². The summed E-state index contributed by atoms with van der Waals surface area (Å²) in [5.41, 5.74) is 3.76. The van der Waals surface area contributed by atoms with Crippen molar-refractivity contribution in [3.8, 4) is 0 Å². The summed E-state index contributed by atoms with van der Waals surface area (Å²) in [6.07, 6.45) is 2.27. The number of thiazole rings is 1. The molecule has 1 aromatic heterocycles. The van der Waals surface area contributed by atoms with Gasteiger partial charge in [-0.3, -0.25) is 4.90 Å². The average Bonchev–Trinajstić information content (AvgIpc) is 3.17. The molecule has 0 unspecified atom stereocenters. The Morgan fingerprint density at radius 2 is 2.07 bits per heavy atom. The molecule has 2 heterocycles. The van der Waals surface area contributed by atoms with Crippen molar-refractivity contribution in [2.24, 2.45) is 4.99 Å². The number of nitrogens with one attached hydrogen (secondary N) is 2. The minimum Gasteiger partial charge on any atom is -0.357 e. The molecular weight excluding hydrogens is 507 g/mol. The molecule has 3 rings (SSSR count). The smallest absolute Gasteiger partial charge is 0.191 e. The molecule has 0 radical (unpaired) electrons. The maximum absolute atomic E-state index is 4.75. The fourth-order valence-electron chi connectivity index (χ4n) is 3.55. The molecule has 1 aromatic carbocycles. The van der Waals surface area contributed by atoms with Gasteiger partial charge in [0.05, 0.1) is 12.2 Å². The molecule has 0 aliphatic carbocycles. The van der Waals surface area contributed by atoms with Crippen molar-refractivity contribution in [1.29, 1.82) is 0 Å². The second-order valence-electron chi connectivity index (χ2n) is 7.89. The summed E-state index contributed by atoms with van der Waals surface area (Å²) in [6, 6.07) is 9.30. The van der Waals surface area contributed by atoms with Gasteiger partial charge >= 0.3 is 0 Å². The van der Waals surface area contributed by atoms with Crippen molar-refractivity contribution < 1.29 is 0 Å². The van der Waals surface area contributed by atoms with Gasteiger partial charge in [0.1, 0.15) is 0 Å². The van der Waals surface area contributed by atoms with Crippen LogP contribution in [-0.2, 0) is 13.1 Å². The minimum atomic E-state index is 0. The highest BCUT2D eigenvalue weighted by atomic mass is 127. The minimum absolute atomic E-state index is 0. The molecule has 1 aliphatic heterocycles. The highest BCUT2D eigenvalue weighted by Crippen LogP contribution is 2.18. The third kappa shape index (κ3) is 7.70. The van der Waals surface area contributed by atoms with E-state index in [0.29, 0.717) is 12.6 Å². The number of rotatable bonds is 7. The number of hydrogen-bond donors (Lipinski definition) is 2. The lowest BCUT2D eigenvalue weighted by Gasteiger charge is -2.33. The number of piperidine rings is 1. The third-order valence-electron chi connectivity index (χ3n) is 5.08. The van der Waals surface area contributed by atoms with Crippen molar-refractivity contribution >= 4 is 46.4 Å². The normalized spacial score (nSPS) is 15.5. The number of aryl methyl sites for hydroxylation is 1. The molecule has 0 saturated carbocycles. The Kier molecular flexibility index (Phi) is 10.3. The van der Waals surface area contributed by atoms with E-state index in [9.17, 15) is 0 Å². The summed E-state index contributed by atoms with van der Waals surface area (Å²) in [6.45, 7) is 9.00. The van der Waals surface area contributed by atoms with E-state index in [2.05, 4.69) is 64.0 Å². The number of hydrogen-bond acceptors (Lipinski definition) is 5.